The monoisotopic (exact) mass is 504 g/mol. The van der Waals surface area contributed by atoms with Gasteiger partial charge in [-0.25, -0.2) is 17.2 Å². The van der Waals surface area contributed by atoms with Crippen molar-refractivity contribution in [3.05, 3.63) is 29.1 Å². The Morgan fingerprint density at radius 1 is 1.21 bits per heavy atom. The van der Waals surface area contributed by atoms with Gasteiger partial charge in [0.15, 0.2) is 18.4 Å². The van der Waals surface area contributed by atoms with E-state index in [0.29, 0.717) is 19.3 Å². The van der Waals surface area contributed by atoms with Gasteiger partial charge in [0.25, 0.3) is 0 Å². The molecule has 34 heavy (non-hydrogen) atoms. The third-order valence-electron chi connectivity index (χ3n) is 7.23. The molecule has 6 atom stereocenters. The Bertz CT molecular complexity index is 976. The standard InChI is InChI=1S/C20H26F2O6S.C4H12N/c1-20-6-5-12-13(15(20)9-17(22)19(20)28-29(23,24)25)4-3-11-7-18(27-10-26-2)16(21)8-14(11)12;1-5(2,3)4/h7-8,12-13,15,17,19H,3-6,9-10H2,1-2H3,(H,23,24,25);1-4H3/q;+1/p-1/t12-,13+,15-,17+,19-,20-;/m0./s1/i22-1;. The first kappa shape index (κ1) is 27.3. The molecule has 0 aliphatic heterocycles. The Kier molecular flexibility index (Phi) is 7.99. The zero-order valence-corrected chi connectivity index (χ0v) is 21.7. The molecule has 2 saturated carbocycles. The summed E-state index contributed by atoms with van der Waals surface area (Å²) in [5.74, 6) is -0.263. The summed E-state index contributed by atoms with van der Waals surface area (Å²) in [7, 11) is 4.98. The fraction of sp³-hybridized carbons (Fsp3) is 0.750. The first-order chi connectivity index (χ1) is 15.6. The van der Waals surface area contributed by atoms with Gasteiger partial charge in [-0.1, -0.05) is 6.92 Å². The molecule has 2 fully saturated rings. The number of ether oxygens (including phenoxy) is 2. The Labute approximate surface area is 201 Å². The van der Waals surface area contributed by atoms with Crippen LogP contribution < -0.4 is 4.74 Å². The first-order valence-electron chi connectivity index (χ1n) is 11.6. The predicted molar refractivity (Wildman–Crippen MR) is 122 cm³/mol. The van der Waals surface area contributed by atoms with E-state index in [-0.39, 0.29) is 36.7 Å². The minimum absolute atomic E-state index is 0.0376. The SMILES string of the molecule is COCOc1cc2c(cc1F)[C@H]1CC[C@@]3(C)[C@@H](C[C@@H]([18F])[C@@H]3OS(=O)(=O)[O-])[C@@H]1CC2.C[N+](C)(C)C. The maximum atomic E-state index is 14.7. The Morgan fingerprint density at radius 3 is 2.44 bits per heavy atom. The number of benzene rings is 1. The molecule has 1 aromatic carbocycles. The highest BCUT2D eigenvalue weighted by atomic mass is 32.3. The third-order valence-corrected chi connectivity index (χ3v) is 7.67. The summed E-state index contributed by atoms with van der Waals surface area (Å²) in [6.45, 7) is 1.78. The Balaban J connectivity index is 0.000000588. The van der Waals surface area contributed by atoms with Crippen LogP contribution in [-0.4, -0.2) is 71.8 Å². The summed E-state index contributed by atoms with van der Waals surface area (Å²) in [5, 5.41) is 0. The molecule has 3 aliphatic carbocycles. The van der Waals surface area contributed by atoms with Crippen molar-refractivity contribution >= 4 is 10.4 Å². The summed E-state index contributed by atoms with van der Waals surface area (Å²) < 4.78 is 78.5. The first-order valence-corrected chi connectivity index (χ1v) is 13.0. The summed E-state index contributed by atoms with van der Waals surface area (Å²) >= 11 is 0. The molecular formula is C24H37F2NO6S. The number of alkyl halides is 1. The molecule has 1 aromatic rings. The van der Waals surface area contributed by atoms with E-state index in [1.165, 1.54) is 13.2 Å². The van der Waals surface area contributed by atoms with Gasteiger partial charge < -0.3 is 18.5 Å². The number of hydrogen-bond acceptors (Lipinski definition) is 6. The highest BCUT2D eigenvalue weighted by molar-refractivity contribution is 7.80. The van der Waals surface area contributed by atoms with Gasteiger partial charge in [0.1, 0.15) is 12.3 Å². The van der Waals surface area contributed by atoms with E-state index in [2.05, 4.69) is 32.4 Å². The Hall–Kier alpha value is -1.33. The molecule has 10 heteroatoms. The van der Waals surface area contributed by atoms with Crippen LogP contribution in [0.1, 0.15) is 49.7 Å². The number of hydrogen-bond donors (Lipinski definition) is 0. The van der Waals surface area contributed by atoms with E-state index in [1.54, 1.807) is 6.07 Å². The average molecular weight is 505 g/mol. The number of nitrogens with zero attached hydrogens (tertiary/aromatic N) is 1. The van der Waals surface area contributed by atoms with Gasteiger partial charge in [-0.15, -0.1) is 0 Å². The summed E-state index contributed by atoms with van der Waals surface area (Å²) in [4.78, 5) is 0. The molecule has 0 N–H and O–H groups in total. The largest absolute Gasteiger partial charge is 0.726 e. The van der Waals surface area contributed by atoms with Crippen LogP contribution in [0.25, 0.3) is 0 Å². The van der Waals surface area contributed by atoms with Crippen molar-refractivity contribution < 1.29 is 39.9 Å². The summed E-state index contributed by atoms with van der Waals surface area (Å²) in [6, 6.07) is 3.23. The molecule has 0 bridgehead atoms. The van der Waals surface area contributed by atoms with Gasteiger partial charge in [-0.05, 0) is 73.1 Å². The van der Waals surface area contributed by atoms with Crippen LogP contribution in [-0.2, 0) is 25.7 Å². The van der Waals surface area contributed by atoms with Crippen LogP contribution in [0.5, 0.6) is 5.75 Å². The lowest BCUT2D eigenvalue weighted by molar-refractivity contribution is -0.849. The van der Waals surface area contributed by atoms with Gasteiger partial charge in [0.05, 0.1) is 28.2 Å². The lowest BCUT2D eigenvalue weighted by Gasteiger charge is -2.50. The van der Waals surface area contributed by atoms with Crippen molar-refractivity contribution in [2.75, 3.05) is 42.1 Å². The number of aryl methyl sites for hydroxylation is 1. The lowest BCUT2D eigenvalue weighted by atomic mass is 9.55. The van der Waals surface area contributed by atoms with Crippen molar-refractivity contribution in [3.63, 3.8) is 0 Å². The second kappa shape index (κ2) is 9.97. The second-order valence-electron chi connectivity index (χ2n) is 11.4. The maximum Gasteiger partial charge on any atom is 0.218 e. The minimum atomic E-state index is -4.99. The van der Waals surface area contributed by atoms with Crippen LogP contribution in [0.15, 0.2) is 12.1 Å². The van der Waals surface area contributed by atoms with E-state index >= 15 is 0 Å². The fourth-order valence-electron chi connectivity index (χ4n) is 6.03. The Morgan fingerprint density at radius 2 is 1.85 bits per heavy atom. The molecule has 4 rings (SSSR count). The number of methoxy groups -OCH3 is 1. The molecule has 0 heterocycles. The van der Waals surface area contributed by atoms with Crippen molar-refractivity contribution in [2.45, 2.75) is 57.2 Å². The second-order valence-corrected chi connectivity index (χ2v) is 12.4. The lowest BCUT2D eigenvalue weighted by Crippen LogP contribution is -2.46. The van der Waals surface area contributed by atoms with Crippen molar-refractivity contribution in [1.29, 1.82) is 0 Å². The zero-order valence-electron chi connectivity index (χ0n) is 20.8. The van der Waals surface area contributed by atoms with E-state index in [9.17, 15) is 21.8 Å². The zero-order chi connectivity index (χ0) is 25.5. The van der Waals surface area contributed by atoms with Crippen molar-refractivity contribution in [3.8, 4) is 5.75 Å². The van der Waals surface area contributed by atoms with Gasteiger partial charge in [-0.2, -0.15) is 0 Å². The fourth-order valence-corrected chi connectivity index (χ4v) is 6.62. The summed E-state index contributed by atoms with van der Waals surface area (Å²) in [5.41, 5.74) is 1.21. The van der Waals surface area contributed by atoms with Crippen LogP contribution in [0.2, 0.25) is 0 Å². The minimum Gasteiger partial charge on any atom is -0.726 e. The van der Waals surface area contributed by atoms with Crippen molar-refractivity contribution in [2.24, 2.45) is 17.3 Å². The molecule has 0 radical (unpaired) electrons. The van der Waals surface area contributed by atoms with E-state index < -0.39 is 33.9 Å². The van der Waals surface area contributed by atoms with Crippen molar-refractivity contribution in [1.82, 2.24) is 0 Å². The summed E-state index contributed by atoms with van der Waals surface area (Å²) in [6.07, 6.45) is 0.0710. The van der Waals surface area contributed by atoms with Crippen LogP contribution in [0.3, 0.4) is 0 Å². The normalized spacial score (nSPS) is 32.7. The number of halogens is 2. The molecule has 0 saturated heterocycles. The molecule has 0 amide bonds. The number of fused-ring (bicyclic) bond motifs is 5. The molecule has 194 valence electrons. The molecule has 0 unspecified atom stereocenters. The average Bonchev–Trinajstić information content (AvgIpc) is 2.94. The highest BCUT2D eigenvalue weighted by Gasteiger charge is 2.60. The topological polar surface area (TPSA) is 84.9 Å². The van der Waals surface area contributed by atoms with E-state index in [4.69, 9.17) is 9.47 Å². The molecule has 0 aromatic heterocycles. The van der Waals surface area contributed by atoms with E-state index in [0.717, 1.165) is 22.0 Å². The van der Waals surface area contributed by atoms with Gasteiger partial charge in [0.2, 0.25) is 10.4 Å². The smallest absolute Gasteiger partial charge is 0.218 e. The molecule has 3 aliphatic rings. The molecule has 7 nitrogen and oxygen atoms in total. The third kappa shape index (κ3) is 6.07. The molecule has 0 spiro atoms. The quantitative estimate of drug-likeness (QED) is 0.263. The number of rotatable bonds is 5. The molecular weight excluding hydrogens is 467 g/mol. The van der Waals surface area contributed by atoms with E-state index in [1.807, 2.05) is 6.92 Å². The predicted octanol–water partition coefficient (Wildman–Crippen LogP) is 3.78. The van der Waals surface area contributed by atoms with Gasteiger partial charge >= 0.3 is 0 Å². The maximum absolute atomic E-state index is 14.7. The number of quaternary nitrogens is 1. The van der Waals surface area contributed by atoms with Gasteiger partial charge in [-0.3, -0.25) is 4.18 Å². The van der Waals surface area contributed by atoms with Gasteiger partial charge in [0, 0.05) is 12.5 Å². The van der Waals surface area contributed by atoms with Crippen LogP contribution in [0, 0.1) is 23.1 Å². The van der Waals surface area contributed by atoms with Crippen LogP contribution in [0.4, 0.5) is 8.78 Å². The highest BCUT2D eigenvalue weighted by Crippen LogP contribution is 2.62. The van der Waals surface area contributed by atoms with Crippen LogP contribution >= 0.6 is 0 Å².